The number of aliphatic hydroxyl groups excluding tert-OH is 2. The first-order valence-corrected chi connectivity index (χ1v) is 18.3. The third kappa shape index (κ3) is 4.82. The molecule has 1 saturated heterocycles. The third-order valence-corrected chi connectivity index (χ3v) is 15.8. The number of piperazine rings is 1. The van der Waals surface area contributed by atoms with Crippen molar-refractivity contribution in [3.63, 3.8) is 0 Å². The number of carbonyl (C=O) groups is 2. The van der Waals surface area contributed by atoms with E-state index in [1.165, 1.54) is 58.7 Å². The average molecular weight is 627 g/mol. The summed E-state index contributed by atoms with van der Waals surface area (Å²) in [5, 5.41) is 37.2. The van der Waals surface area contributed by atoms with Gasteiger partial charge in [0, 0.05) is 44.1 Å². The second-order valence-electron chi connectivity index (χ2n) is 17.5. The number of rotatable bonds is 4. The van der Waals surface area contributed by atoms with Gasteiger partial charge in [0.25, 0.3) is 0 Å². The van der Waals surface area contributed by atoms with E-state index in [1.807, 2.05) is 13.8 Å². The van der Waals surface area contributed by atoms with Gasteiger partial charge in [-0.25, -0.2) is 0 Å². The standard InChI is InChI=1S/C38H62N2O5/c1-21-19-36(6)25(5)37(7)23(3)29-13-12-28(27-11-9-10-26(18-27)20-40-16-14-39(8)15-17-40)22(2)31(29)33(42)32(37)35(44)38(36,45)34(43)30(21)24(4)41/h22-23,25-29,31-33,35,42,44-45H,9-20H2,1-8H3/t22?,23-,25+,26?,27?,28?,29?,31?,32?,33?,35?,36+,37-,38+/m0/s1. The monoisotopic (exact) mass is 626 g/mol. The molecule has 1 heterocycles. The Morgan fingerprint density at radius 1 is 0.978 bits per heavy atom. The van der Waals surface area contributed by atoms with Gasteiger partial charge in [0.1, 0.15) is 0 Å². The lowest BCUT2D eigenvalue weighted by molar-refractivity contribution is -0.305. The lowest BCUT2D eigenvalue weighted by Gasteiger charge is -2.71. The van der Waals surface area contributed by atoms with Gasteiger partial charge in [-0.3, -0.25) is 9.59 Å². The first-order valence-electron chi connectivity index (χ1n) is 18.3. The molecule has 254 valence electrons. The van der Waals surface area contributed by atoms with Crippen LogP contribution in [0, 0.1) is 64.1 Å². The van der Waals surface area contributed by atoms with Crippen LogP contribution in [0.1, 0.15) is 93.4 Å². The van der Waals surface area contributed by atoms with Crippen molar-refractivity contribution in [1.82, 2.24) is 9.80 Å². The smallest absolute Gasteiger partial charge is 0.201 e. The Hall–Kier alpha value is -1.12. The Labute approximate surface area is 272 Å². The first-order chi connectivity index (χ1) is 21.1. The van der Waals surface area contributed by atoms with Crippen LogP contribution in [0.2, 0.25) is 0 Å². The number of nitrogens with zero attached hydrogens (tertiary/aromatic N) is 2. The predicted molar refractivity (Wildman–Crippen MR) is 176 cm³/mol. The molecule has 0 spiro atoms. The quantitative estimate of drug-likeness (QED) is 0.393. The number of hydrogen-bond donors (Lipinski definition) is 3. The van der Waals surface area contributed by atoms with E-state index < -0.39 is 40.3 Å². The van der Waals surface area contributed by atoms with Crippen LogP contribution in [0.15, 0.2) is 11.1 Å². The molecule has 9 unspecified atom stereocenters. The van der Waals surface area contributed by atoms with Gasteiger partial charge in [-0.2, -0.15) is 0 Å². The van der Waals surface area contributed by atoms with Crippen molar-refractivity contribution in [2.45, 2.75) is 111 Å². The molecule has 1 aliphatic heterocycles. The van der Waals surface area contributed by atoms with E-state index in [1.54, 1.807) is 0 Å². The fourth-order valence-electron chi connectivity index (χ4n) is 13.0. The predicted octanol–water partition coefficient (Wildman–Crippen LogP) is 4.58. The molecule has 7 heteroatoms. The fourth-order valence-corrected chi connectivity index (χ4v) is 13.0. The highest BCUT2D eigenvalue weighted by Crippen LogP contribution is 2.70. The summed E-state index contributed by atoms with van der Waals surface area (Å²) in [6.07, 6.45) is 5.58. The second-order valence-corrected chi connectivity index (χ2v) is 17.5. The zero-order chi connectivity index (χ0) is 32.8. The molecule has 3 N–H and O–H groups in total. The summed E-state index contributed by atoms with van der Waals surface area (Å²) in [5.74, 6) is 1.04. The number of ketones is 2. The van der Waals surface area contributed by atoms with Gasteiger partial charge in [-0.05, 0) is 106 Å². The van der Waals surface area contributed by atoms with Crippen LogP contribution < -0.4 is 0 Å². The summed E-state index contributed by atoms with van der Waals surface area (Å²) in [6.45, 7) is 20.0. The second kappa shape index (κ2) is 11.8. The van der Waals surface area contributed by atoms with E-state index in [0.717, 1.165) is 25.4 Å². The molecule has 7 nitrogen and oxygen atoms in total. The topological polar surface area (TPSA) is 101 Å². The van der Waals surface area contributed by atoms with Crippen molar-refractivity contribution in [3.8, 4) is 0 Å². The molecular weight excluding hydrogens is 564 g/mol. The van der Waals surface area contributed by atoms with Crippen LogP contribution in [0.3, 0.4) is 0 Å². The van der Waals surface area contributed by atoms with Crippen LogP contribution in [0.5, 0.6) is 0 Å². The summed E-state index contributed by atoms with van der Waals surface area (Å²) < 4.78 is 0. The van der Waals surface area contributed by atoms with Gasteiger partial charge in [-0.15, -0.1) is 0 Å². The van der Waals surface area contributed by atoms with Crippen LogP contribution in [0.25, 0.3) is 0 Å². The van der Waals surface area contributed by atoms with Crippen molar-refractivity contribution < 1.29 is 24.9 Å². The molecule has 0 aromatic carbocycles. The van der Waals surface area contributed by atoms with Gasteiger partial charge >= 0.3 is 0 Å². The summed E-state index contributed by atoms with van der Waals surface area (Å²) in [6, 6.07) is 0. The molecular formula is C38H62N2O5. The molecule has 0 amide bonds. The first kappa shape index (κ1) is 33.8. The molecule has 0 aromatic rings. The number of hydrogen-bond acceptors (Lipinski definition) is 7. The molecule has 14 atom stereocenters. The van der Waals surface area contributed by atoms with Crippen molar-refractivity contribution in [3.05, 3.63) is 11.1 Å². The molecule has 45 heavy (non-hydrogen) atoms. The minimum Gasteiger partial charge on any atom is -0.392 e. The van der Waals surface area contributed by atoms with Crippen molar-refractivity contribution in [2.24, 2.45) is 64.1 Å². The molecule has 5 fully saturated rings. The van der Waals surface area contributed by atoms with Crippen molar-refractivity contribution in [1.29, 1.82) is 0 Å². The Kier molecular flexibility index (Phi) is 8.84. The Morgan fingerprint density at radius 2 is 1.62 bits per heavy atom. The van der Waals surface area contributed by atoms with Crippen LogP contribution >= 0.6 is 0 Å². The van der Waals surface area contributed by atoms with E-state index in [9.17, 15) is 24.9 Å². The Balaban J connectivity index is 1.27. The van der Waals surface area contributed by atoms with Gasteiger partial charge in [0.05, 0.1) is 17.8 Å². The van der Waals surface area contributed by atoms with Crippen LogP contribution in [-0.4, -0.2) is 94.3 Å². The van der Waals surface area contributed by atoms with Crippen LogP contribution in [-0.2, 0) is 9.59 Å². The fraction of sp³-hybridized carbons (Fsp3) is 0.895. The maximum atomic E-state index is 14.1. The zero-order valence-electron chi connectivity index (χ0n) is 29.4. The summed E-state index contributed by atoms with van der Waals surface area (Å²) in [4.78, 5) is 31.8. The molecule has 4 saturated carbocycles. The molecule has 6 rings (SSSR count). The number of carbonyl (C=O) groups excluding carboxylic acids is 2. The summed E-state index contributed by atoms with van der Waals surface area (Å²) in [5.41, 5.74) is -2.78. The summed E-state index contributed by atoms with van der Waals surface area (Å²) >= 11 is 0. The molecule has 6 aliphatic rings. The maximum Gasteiger partial charge on any atom is 0.201 e. The van der Waals surface area contributed by atoms with E-state index in [0.29, 0.717) is 35.7 Å². The van der Waals surface area contributed by atoms with Gasteiger partial charge in [-0.1, -0.05) is 53.0 Å². The van der Waals surface area contributed by atoms with Crippen molar-refractivity contribution in [2.75, 3.05) is 39.8 Å². The van der Waals surface area contributed by atoms with E-state index in [-0.39, 0.29) is 29.1 Å². The molecule has 0 bridgehead atoms. The highest BCUT2D eigenvalue weighted by molar-refractivity contribution is 6.24. The molecule has 5 aliphatic carbocycles. The SMILES string of the molecule is CC(=O)C1=C(C)C[C@]2(C)[C@@H](C)[C@@]3(C)C(C(O)C4C(C)C(C5CCCC(CN6CCN(C)CC6)C5)CCC4[C@@H]3C)C(O)[C@]2(O)C1=O. The Morgan fingerprint density at radius 3 is 2.27 bits per heavy atom. The number of likely N-dealkylation sites (N-methyl/N-ethyl adjacent to an activating group) is 1. The van der Waals surface area contributed by atoms with E-state index >= 15 is 0 Å². The number of Topliss-reactive ketones (excluding diaryl/α,β-unsaturated/α-hetero) is 2. The largest absolute Gasteiger partial charge is 0.392 e. The molecule has 0 aromatic heterocycles. The normalized spacial score (nSPS) is 51.4. The number of fused-ring (bicyclic) bond motifs is 3. The Bertz CT molecular complexity index is 1210. The van der Waals surface area contributed by atoms with Gasteiger partial charge < -0.3 is 25.1 Å². The van der Waals surface area contributed by atoms with E-state index in [4.69, 9.17) is 0 Å². The lowest BCUT2D eigenvalue weighted by atomic mass is 9.34. The zero-order valence-corrected chi connectivity index (χ0v) is 29.4. The highest BCUT2D eigenvalue weighted by Gasteiger charge is 2.76. The average Bonchev–Trinajstić information content (AvgIpc) is 2.98. The van der Waals surface area contributed by atoms with E-state index in [2.05, 4.69) is 44.5 Å². The van der Waals surface area contributed by atoms with Gasteiger partial charge in [0.15, 0.2) is 11.4 Å². The maximum absolute atomic E-state index is 14.1. The number of allylic oxidation sites excluding steroid dienone is 1. The third-order valence-electron chi connectivity index (χ3n) is 15.8. The minimum absolute atomic E-state index is 0.0212. The number of aliphatic hydroxyl groups is 3. The highest BCUT2D eigenvalue weighted by atomic mass is 16.4. The van der Waals surface area contributed by atoms with Crippen molar-refractivity contribution >= 4 is 11.6 Å². The summed E-state index contributed by atoms with van der Waals surface area (Å²) in [7, 11) is 2.22. The lowest BCUT2D eigenvalue weighted by Crippen LogP contribution is -2.78. The van der Waals surface area contributed by atoms with Crippen LogP contribution in [0.4, 0.5) is 0 Å². The molecule has 0 radical (unpaired) electrons. The minimum atomic E-state index is -2.11. The van der Waals surface area contributed by atoms with Gasteiger partial charge in [0.2, 0.25) is 5.78 Å².